The van der Waals surface area contributed by atoms with Crippen LogP contribution in [0.25, 0.3) is 0 Å². The van der Waals surface area contributed by atoms with Crippen LogP contribution >= 0.6 is 0 Å². The Morgan fingerprint density at radius 3 is 2.88 bits per heavy atom. The zero-order valence-corrected chi connectivity index (χ0v) is 5.04. The highest BCUT2D eigenvalue weighted by Gasteiger charge is 1.61. The van der Waals surface area contributed by atoms with E-state index in [-0.39, 0.29) is 0 Å². The average molecular weight is 110 g/mol. The van der Waals surface area contributed by atoms with Gasteiger partial charge in [0.15, 0.2) is 0 Å². The molecule has 0 saturated carbocycles. The number of rotatable bonds is 3. The molecule has 0 unspecified atom stereocenters. The van der Waals surface area contributed by atoms with Crippen LogP contribution in [0.1, 0.15) is 6.92 Å². The van der Waals surface area contributed by atoms with E-state index in [2.05, 4.69) is 16.6 Å². The molecule has 0 spiro atoms. The first-order valence-electron chi connectivity index (χ1n) is 2.48. The summed E-state index contributed by atoms with van der Waals surface area (Å²) in [5, 5.41) is 0. The van der Waals surface area contributed by atoms with Gasteiger partial charge in [0, 0.05) is 6.21 Å². The van der Waals surface area contributed by atoms with Gasteiger partial charge in [0.25, 0.3) is 0 Å². The fraction of sp³-hybridized carbons (Fsp3) is 0.333. The van der Waals surface area contributed by atoms with Gasteiger partial charge in [-0.2, -0.15) is 0 Å². The van der Waals surface area contributed by atoms with E-state index in [1.165, 1.54) is 6.34 Å². The molecule has 0 aliphatic rings. The van der Waals surface area contributed by atoms with Gasteiger partial charge in [-0.15, -0.1) is 6.58 Å². The molecule has 0 fully saturated rings. The Bertz CT molecular complexity index is 103. The molecule has 0 aromatic heterocycles. The van der Waals surface area contributed by atoms with Gasteiger partial charge in [-0.3, -0.25) is 4.99 Å². The molecule has 0 atom stereocenters. The Kier molecular flexibility index (Phi) is 5.38. The summed E-state index contributed by atoms with van der Waals surface area (Å²) in [6.07, 6.45) is 4.93. The zero-order valence-electron chi connectivity index (χ0n) is 5.04. The molecule has 0 bridgehead atoms. The molecule has 0 aliphatic heterocycles. The minimum Gasteiger partial charge on any atom is -0.269 e. The molecule has 0 amide bonds. The van der Waals surface area contributed by atoms with Crippen LogP contribution in [0.3, 0.4) is 0 Å². The van der Waals surface area contributed by atoms with Crippen LogP contribution in [0, 0.1) is 0 Å². The van der Waals surface area contributed by atoms with E-state index in [1.807, 2.05) is 6.92 Å². The molecule has 2 heteroatoms. The minimum absolute atomic E-state index is 0.650. The number of aliphatic imine (C=N–C) groups is 2. The van der Waals surface area contributed by atoms with Crippen molar-refractivity contribution in [3.05, 3.63) is 12.7 Å². The summed E-state index contributed by atoms with van der Waals surface area (Å²) in [7, 11) is 0. The van der Waals surface area contributed by atoms with Crippen molar-refractivity contribution in [2.24, 2.45) is 9.98 Å². The molecule has 0 rings (SSSR count). The van der Waals surface area contributed by atoms with Crippen LogP contribution < -0.4 is 0 Å². The van der Waals surface area contributed by atoms with E-state index in [9.17, 15) is 0 Å². The fourth-order valence-corrected chi connectivity index (χ4v) is 0.235. The van der Waals surface area contributed by atoms with Gasteiger partial charge in [0.1, 0.15) is 6.34 Å². The predicted octanol–water partition coefficient (Wildman–Crippen LogP) is 1.29. The van der Waals surface area contributed by atoms with Gasteiger partial charge in [0.05, 0.1) is 6.54 Å². The Hall–Kier alpha value is -0.920. The van der Waals surface area contributed by atoms with Crippen molar-refractivity contribution >= 4 is 12.6 Å². The first-order valence-corrected chi connectivity index (χ1v) is 2.48. The van der Waals surface area contributed by atoms with Gasteiger partial charge < -0.3 is 0 Å². The second kappa shape index (κ2) is 6.08. The molecule has 0 aromatic rings. The third-order valence-corrected chi connectivity index (χ3v) is 0.532. The second-order valence-corrected chi connectivity index (χ2v) is 1.18. The van der Waals surface area contributed by atoms with Crippen LogP contribution in [0.2, 0.25) is 0 Å². The first kappa shape index (κ1) is 7.08. The van der Waals surface area contributed by atoms with Gasteiger partial charge in [-0.1, -0.05) is 6.08 Å². The normalized spacial score (nSPS) is 11.1. The van der Waals surface area contributed by atoms with E-state index in [4.69, 9.17) is 0 Å². The minimum atomic E-state index is 0.650. The van der Waals surface area contributed by atoms with Crippen molar-refractivity contribution in [3.8, 4) is 0 Å². The van der Waals surface area contributed by atoms with Crippen molar-refractivity contribution in [2.75, 3.05) is 6.54 Å². The van der Waals surface area contributed by atoms with E-state index in [1.54, 1.807) is 12.3 Å². The van der Waals surface area contributed by atoms with Gasteiger partial charge in [-0.25, -0.2) is 4.99 Å². The molecular weight excluding hydrogens is 100 g/mol. The summed E-state index contributed by atoms with van der Waals surface area (Å²) in [6, 6.07) is 0. The largest absolute Gasteiger partial charge is 0.269 e. The third kappa shape index (κ3) is 5.08. The topological polar surface area (TPSA) is 24.7 Å². The highest BCUT2D eigenvalue weighted by Crippen LogP contribution is 1.67. The van der Waals surface area contributed by atoms with E-state index >= 15 is 0 Å². The van der Waals surface area contributed by atoms with Crippen LogP contribution in [-0.2, 0) is 0 Å². The molecule has 0 radical (unpaired) electrons. The van der Waals surface area contributed by atoms with Gasteiger partial charge in [0.2, 0.25) is 0 Å². The number of nitrogens with zero attached hydrogens (tertiary/aromatic N) is 2. The summed E-state index contributed by atoms with van der Waals surface area (Å²) in [4.78, 5) is 7.58. The van der Waals surface area contributed by atoms with E-state index in [0.717, 1.165) is 0 Å². The monoisotopic (exact) mass is 110 g/mol. The third-order valence-electron chi connectivity index (χ3n) is 0.532. The Labute approximate surface area is 49.7 Å². The SMILES string of the molecule is C=CC/N=C\N=C/C. The Morgan fingerprint density at radius 1 is 1.62 bits per heavy atom. The molecule has 2 nitrogen and oxygen atoms in total. The summed E-state index contributed by atoms with van der Waals surface area (Å²) < 4.78 is 0. The summed E-state index contributed by atoms with van der Waals surface area (Å²) >= 11 is 0. The molecule has 0 aromatic carbocycles. The predicted molar refractivity (Wildman–Crippen MR) is 37.7 cm³/mol. The van der Waals surface area contributed by atoms with Crippen molar-refractivity contribution < 1.29 is 0 Å². The smallest absolute Gasteiger partial charge is 0.109 e. The maximum absolute atomic E-state index is 3.84. The lowest BCUT2D eigenvalue weighted by atomic mass is 10.7. The lowest BCUT2D eigenvalue weighted by molar-refractivity contribution is 1.25. The van der Waals surface area contributed by atoms with Crippen molar-refractivity contribution in [3.63, 3.8) is 0 Å². The molecule has 8 heavy (non-hydrogen) atoms. The van der Waals surface area contributed by atoms with Crippen molar-refractivity contribution in [1.82, 2.24) is 0 Å². The first-order chi connectivity index (χ1) is 3.91. The molecule has 0 aliphatic carbocycles. The molecular formula is C6H10N2. The van der Waals surface area contributed by atoms with Crippen LogP contribution in [0.5, 0.6) is 0 Å². The molecule has 0 N–H and O–H groups in total. The summed E-state index contributed by atoms with van der Waals surface area (Å²) in [5.74, 6) is 0. The fourth-order valence-electron chi connectivity index (χ4n) is 0.235. The summed E-state index contributed by atoms with van der Waals surface area (Å²) in [5.41, 5.74) is 0. The quantitative estimate of drug-likeness (QED) is 0.297. The molecule has 44 valence electrons. The average Bonchev–Trinajstić information content (AvgIpc) is 1.81. The standard InChI is InChI=1S/C6H10N2/c1-3-5-8-6-7-4-2/h3-4,6H,1,5H2,2H3/b7-4-,8-6-. The van der Waals surface area contributed by atoms with Gasteiger partial charge in [-0.05, 0) is 6.92 Å². The molecule has 0 saturated heterocycles. The highest BCUT2D eigenvalue weighted by atomic mass is 14.8. The lowest BCUT2D eigenvalue weighted by Gasteiger charge is -1.74. The number of hydrogen-bond acceptors (Lipinski definition) is 1. The van der Waals surface area contributed by atoms with Gasteiger partial charge >= 0.3 is 0 Å². The highest BCUT2D eigenvalue weighted by molar-refractivity contribution is 5.70. The van der Waals surface area contributed by atoms with Crippen molar-refractivity contribution in [2.45, 2.75) is 6.92 Å². The van der Waals surface area contributed by atoms with Crippen LogP contribution in [-0.4, -0.2) is 19.1 Å². The maximum Gasteiger partial charge on any atom is 0.109 e. The number of hydrogen-bond donors (Lipinski definition) is 0. The molecule has 0 heterocycles. The van der Waals surface area contributed by atoms with Crippen LogP contribution in [0.4, 0.5) is 0 Å². The summed E-state index contributed by atoms with van der Waals surface area (Å²) in [6.45, 7) is 5.99. The zero-order chi connectivity index (χ0) is 6.24. The lowest BCUT2D eigenvalue weighted by Crippen LogP contribution is -1.70. The van der Waals surface area contributed by atoms with E-state index < -0.39 is 0 Å². The van der Waals surface area contributed by atoms with Crippen molar-refractivity contribution in [1.29, 1.82) is 0 Å². The Morgan fingerprint density at radius 2 is 2.38 bits per heavy atom. The van der Waals surface area contributed by atoms with Crippen LogP contribution in [0.15, 0.2) is 22.6 Å². The Balaban J connectivity index is 3.19. The van der Waals surface area contributed by atoms with E-state index in [0.29, 0.717) is 6.54 Å². The maximum atomic E-state index is 3.84. The second-order valence-electron chi connectivity index (χ2n) is 1.18.